The van der Waals surface area contributed by atoms with Crippen molar-refractivity contribution in [1.82, 2.24) is 4.90 Å². The number of ether oxygens (including phenoxy) is 3. The molecule has 186 valence electrons. The van der Waals surface area contributed by atoms with Gasteiger partial charge in [0.2, 0.25) is 0 Å². The van der Waals surface area contributed by atoms with Gasteiger partial charge in [0.05, 0.1) is 18.6 Å². The molecule has 0 N–H and O–H groups in total. The van der Waals surface area contributed by atoms with Gasteiger partial charge in [-0.25, -0.2) is 4.79 Å². The van der Waals surface area contributed by atoms with E-state index < -0.39 is 5.60 Å². The highest BCUT2D eigenvalue weighted by molar-refractivity contribution is 6.00. The zero-order valence-electron chi connectivity index (χ0n) is 21.0. The second kappa shape index (κ2) is 9.59. The predicted octanol–water partition coefficient (Wildman–Crippen LogP) is 4.97. The smallest absolute Gasteiger partial charge is 0.410 e. The van der Waals surface area contributed by atoms with Gasteiger partial charge in [-0.2, -0.15) is 0 Å². The lowest BCUT2D eigenvalue weighted by Crippen LogP contribution is -2.45. The van der Waals surface area contributed by atoms with Crippen molar-refractivity contribution in [3.05, 3.63) is 29.3 Å². The third-order valence-electron chi connectivity index (χ3n) is 7.31. The third kappa shape index (κ3) is 5.39. The van der Waals surface area contributed by atoms with Crippen molar-refractivity contribution >= 4 is 17.8 Å². The Kier molecular flexibility index (Phi) is 6.92. The number of ketones is 1. The fourth-order valence-corrected chi connectivity index (χ4v) is 5.37. The first-order chi connectivity index (χ1) is 16.1. The van der Waals surface area contributed by atoms with E-state index in [1.54, 1.807) is 4.90 Å². The normalized spacial score (nSPS) is 22.9. The fourth-order valence-electron chi connectivity index (χ4n) is 5.37. The molecule has 0 bridgehead atoms. The van der Waals surface area contributed by atoms with E-state index in [-0.39, 0.29) is 41.7 Å². The summed E-state index contributed by atoms with van der Waals surface area (Å²) in [6.45, 7) is 8.71. The summed E-state index contributed by atoms with van der Waals surface area (Å²) in [5.74, 6) is 0.984. The van der Waals surface area contributed by atoms with Crippen LogP contribution in [0.3, 0.4) is 0 Å². The van der Waals surface area contributed by atoms with Crippen LogP contribution in [0.4, 0.5) is 4.79 Å². The first-order valence-electron chi connectivity index (χ1n) is 12.5. The molecule has 3 atom stereocenters. The van der Waals surface area contributed by atoms with Crippen LogP contribution in [0.25, 0.3) is 0 Å². The lowest BCUT2D eigenvalue weighted by molar-refractivity contribution is -0.145. The van der Waals surface area contributed by atoms with Gasteiger partial charge in [-0.3, -0.25) is 9.59 Å². The number of hydrogen-bond acceptors (Lipinski definition) is 6. The molecular formula is C27H37NO6. The summed E-state index contributed by atoms with van der Waals surface area (Å²) in [6.07, 6.45) is 3.62. The van der Waals surface area contributed by atoms with Gasteiger partial charge >= 0.3 is 12.1 Å². The van der Waals surface area contributed by atoms with Crippen LogP contribution in [0.5, 0.6) is 5.75 Å². The van der Waals surface area contributed by atoms with Crippen LogP contribution in [0.2, 0.25) is 0 Å². The fraction of sp³-hybridized carbons (Fsp3) is 0.667. The number of piperidine rings is 1. The minimum absolute atomic E-state index is 0.0638. The summed E-state index contributed by atoms with van der Waals surface area (Å²) in [4.78, 5) is 39.3. The summed E-state index contributed by atoms with van der Waals surface area (Å²) in [5, 5.41) is 0. The zero-order valence-corrected chi connectivity index (χ0v) is 21.0. The van der Waals surface area contributed by atoms with Crippen molar-refractivity contribution < 1.29 is 28.6 Å². The average Bonchev–Trinajstić information content (AvgIpc) is 3.62. The molecule has 0 radical (unpaired) electrons. The summed E-state index contributed by atoms with van der Waals surface area (Å²) in [5.41, 5.74) is 1.14. The molecule has 1 aliphatic carbocycles. The minimum Gasteiger partial charge on any atom is -0.489 e. The Bertz CT molecular complexity index is 939. The van der Waals surface area contributed by atoms with Crippen LogP contribution in [-0.4, -0.2) is 54.7 Å². The molecule has 1 saturated heterocycles. The number of likely N-dealkylation sites (tertiary alicyclic amines) is 1. The molecular weight excluding hydrogens is 434 g/mol. The van der Waals surface area contributed by atoms with Crippen molar-refractivity contribution in [2.24, 2.45) is 17.8 Å². The van der Waals surface area contributed by atoms with E-state index in [1.807, 2.05) is 45.9 Å². The Balaban J connectivity index is 1.45. The molecule has 7 heteroatoms. The Morgan fingerprint density at radius 1 is 1.12 bits per heavy atom. The van der Waals surface area contributed by atoms with E-state index in [4.69, 9.17) is 14.2 Å². The molecule has 34 heavy (non-hydrogen) atoms. The number of hydrogen-bond donors (Lipinski definition) is 0. The molecule has 2 heterocycles. The molecule has 1 amide bonds. The van der Waals surface area contributed by atoms with Gasteiger partial charge in [-0.05, 0) is 81.9 Å². The van der Waals surface area contributed by atoms with Crippen LogP contribution >= 0.6 is 0 Å². The van der Waals surface area contributed by atoms with Crippen molar-refractivity contribution in [2.45, 2.75) is 77.4 Å². The number of amides is 1. The molecule has 4 rings (SSSR count). The maximum atomic E-state index is 12.9. The highest BCUT2D eigenvalue weighted by Crippen LogP contribution is 2.48. The van der Waals surface area contributed by atoms with Crippen molar-refractivity contribution in [3.63, 3.8) is 0 Å². The number of methoxy groups -OCH3 is 1. The molecule has 1 aromatic rings. The van der Waals surface area contributed by atoms with E-state index in [0.717, 1.165) is 31.2 Å². The maximum absolute atomic E-state index is 12.9. The lowest BCUT2D eigenvalue weighted by Gasteiger charge is -2.38. The van der Waals surface area contributed by atoms with Gasteiger partial charge in [0.15, 0.2) is 5.78 Å². The van der Waals surface area contributed by atoms with Crippen molar-refractivity contribution in [2.75, 3.05) is 20.2 Å². The molecule has 2 fully saturated rings. The number of benzene rings is 1. The van der Waals surface area contributed by atoms with Gasteiger partial charge < -0.3 is 19.1 Å². The first-order valence-corrected chi connectivity index (χ1v) is 12.5. The van der Waals surface area contributed by atoms with Crippen LogP contribution in [-0.2, 0) is 14.3 Å². The van der Waals surface area contributed by atoms with Gasteiger partial charge in [0.1, 0.15) is 17.5 Å². The quantitative estimate of drug-likeness (QED) is 0.564. The topological polar surface area (TPSA) is 82.1 Å². The van der Waals surface area contributed by atoms with E-state index in [9.17, 15) is 14.4 Å². The SMILES string of the molecule is COC(=O)[C@@H](C)[C@H](c1ccc2c(c1)OC(C1CCN(C(=O)OC(C)(C)C)CC1)CC2=O)C1CC1. The highest BCUT2D eigenvalue weighted by atomic mass is 16.6. The monoisotopic (exact) mass is 471 g/mol. The van der Waals surface area contributed by atoms with Crippen LogP contribution in [0, 0.1) is 17.8 Å². The number of esters is 1. The van der Waals surface area contributed by atoms with E-state index in [0.29, 0.717) is 36.7 Å². The molecule has 7 nitrogen and oxygen atoms in total. The standard InChI is InChI=1S/C27H37NO6/c1-16(25(30)32-5)24(18-6-7-18)19-8-9-20-21(29)15-22(33-23(20)14-19)17-10-12-28(13-11-17)26(31)34-27(2,3)4/h8-9,14,16-18,22,24H,6-7,10-13,15H2,1-5H3/t16-,22?,24-/m0/s1. The minimum atomic E-state index is -0.516. The Labute approximate surface area is 202 Å². The second-order valence-corrected chi connectivity index (χ2v) is 11.0. The summed E-state index contributed by atoms with van der Waals surface area (Å²) >= 11 is 0. The Morgan fingerprint density at radius 2 is 1.79 bits per heavy atom. The lowest BCUT2D eigenvalue weighted by atomic mass is 9.81. The van der Waals surface area contributed by atoms with Crippen LogP contribution < -0.4 is 4.74 Å². The second-order valence-electron chi connectivity index (χ2n) is 11.0. The van der Waals surface area contributed by atoms with Crippen molar-refractivity contribution in [1.29, 1.82) is 0 Å². The molecule has 1 unspecified atom stereocenters. The average molecular weight is 472 g/mol. The number of carbonyl (C=O) groups excluding carboxylic acids is 3. The predicted molar refractivity (Wildman–Crippen MR) is 127 cm³/mol. The number of fused-ring (bicyclic) bond motifs is 1. The number of rotatable bonds is 5. The summed E-state index contributed by atoms with van der Waals surface area (Å²) in [7, 11) is 1.43. The number of carbonyl (C=O) groups is 3. The zero-order chi connectivity index (χ0) is 24.6. The van der Waals surface area contributed by atoms with Crippen molar-refractivity contribution in [3.8, 4) is 5.75 Å². The van der Waals surface area contributed by atoms with Gasteiger partial charge in [0, 0.05) is 19.5 Å². The molecule has 1 saturated carbocycles. The maximum Gasteiger partial charge on any atom is 0.410 e. The van der Waals surface area contributed by atoms with Gasteiger partial charge in [-0.1, -0.05) is 13.0 Å². The number of Topliss-reactive ketones (excluding diaryl/α,β-unsaturated/α-hetero) is 1. The Morgan fingerprint density at radius 3 is 2.38 bits per heavy atom. The highest BCUT2D eigenvalue weighted by Gasteiger charge is 2.41. The van der Waals surface area contributed by atoms with E-state index >= 15 is 0 Å². The summed E-state index contributed by atoms with van der Waals surface area (Å²) in [6, 6.07) is 5.80. The molecule has 0 spiro atoms. The first kappa shape index (κ1) is 24.6. The van der Waals surface area contributed by atoms with Gasteiger partial charge in [-0.15, -0.1) is 0 Å². The molecule has 0 aromatic heterocycles. The molecule has 2 aliphatic heterocycles. The van der Waals surface area contributed by atoms with Crippen LogP contribution in [0.1, 0.15) is 81.6 Å². The Hall–Kier alpha value is -2.57. The van der Waals surface area contributed by atoms with E-state index in [2.05, 4.69) is 0 Å². The molecule has 3 aliphatic rings. The molecule has 1 aromatic carbocycles. The van der Waals surface area contributed by atoms with Gasteiger partial charge in [0.25, 0.3) is 0 Å². The largest absolute Gasteiger partial charge is 0.489 e. The third-order valence-corrected chi connectivity index (χ3v) is 7.31. The van der Waals surface area contributed by atoms with Crippen LogP contribution in [0.15, 0.2) is 18.2 Å². The number of nitrogens with zero attached hydrogens (tertiary/aromatic N) is 1. The van der Waals surface area contributed by atoms with E-state index in [1.165, 1.54) is 7.11 Å². The summed E-state index contributed by atoms with van der Waals surface area (Å²) < 4.78 is 16.9.